The largest absolute Gasteiger partial charge is 0.398 e. The van der Waals surface area contributed by atoms with Crippen LogP contribution in [0.25, 0.3) is 0 Å². The van der Waals surface area contributed by atoms with Crippen LogP contribution in [-0.2, 0) is 0 Å². The molecule has 0 saturated carbocycles. The summed E-state index contributed by atoms with van der Waals surface area (Å²) in [5.74, 6) is 5.30. The van der Waals surface area contributed by atoms with Gasteiger partial charge < -0.3 is 5.73 Å². The highest BCUT2D eigenvalue weighted by molar-refractivity contribution is 5.51. The molecule has 0 radical (unpaired) electrons. The Morgan fingerprint density at radius 2 is 1.89 bits per heavy atom. The number of anilines is 1. The Labute approximate surface area is 106 Å². The number of hydrazine groups is 1. The number of rotatable bonds is 3. The number of aryl methyl sites for hydroxylation is 1. The first-order chi connectivity index (χ1) is 8.61. The van der Waals surface area contributed by atoms with E-state index in [1.54, 1.807) is 6.07 Å². The first-order valence-electron chi connectivity index (χ1n) is 5.69. The standard InChI is InChI=1S/C14H16FN3/c1-9-6-10(8-11(15)7-9)14(18-17)12-4-2-3-5-13(12)16/h2-8,14,18H,16-17H2,1H3. The second-order valence-corrected chi connectivity index (χ2v) is 4.29. The maximum Gasteiger partial charge on any atom is 0.123 e. The van der Waals surface area contributed by atoms with E-state index in [1.807, 2.05) is 31.2 Å². The van der Waals surface area contributed by atoms with Gasteiger partial charge in [0.1, 0.15) is 5.82 Å². The lowest BCUT2D eigenvalue weighted by atomic mass is 9.96. The normalized spacial score (nSPS) is 12.4. The van der Waals surface area contributed by atoms with Crippen LogP contribution in [0.1, 0.15) is 22.7 Å². The zero-order valence-electron chi connectivity index (χ0n) is 10.2. The first-order valence-corrected chi connectivity index (χ1v) is 5.69. The van der Waals surface area contributed by atoms with Gasteiger partial charge in [-0.3, -0.25) is 5.84 Å². The molecule has 4 heteroatoms. The number of hydrogen-bond donors (Lipinski definition) is 3. The smallest absolute Gasteiger partial charge is 0.123 e. The van der Waals surface area contributed by atoms with Gasteiger partial charge in [0.05, 0.1) is 6.04 Å². The molecule has 0 amide bonds. The van der Waals surface area contributed by atoms with Crippen molar-refractivity contribution in [3.63, 3.8) is 0 Å². The Morgan fingerprint density at radius 1 is 1.17 bits per heavy atom. The molecule has 18 heavy (non-hydrogen) atoms. The van der Waals surface area contributed by atoms with Gasteiger partial charge in [0.25, 0.3) is 0 Å². The Hall–Kier alpha value is -1.91. The van der Waals surface area contributed by atoms with Gasteiger partial charge in [0.15, 0.2) is 0 Å². The maximum atomic E-state index is 13.4. The van der Waals surface area contributed by atoms with Crippen LogP contribution in [0.2, 0.25) is 0 Å². The fraction of sp³-hybridized carbons (Fsp3) is 0.143. The molecule has 0 aliphatic rings. The average molecular weight is 245 g/mol. The van der Waals surface area contributed by atoms with Crippen LogP contribution in [0.15, 0.2) is 42.5 Å². The Balaban J connectivity index is 2.48. The van der Waals surface area contributed by atoms with Gasteiger partial charge in [-0.05, 0) is 41.8 Å². The molecule has 0 aromatic heterocycles. The summed E-state index contributed by atoms with van der Waals surface area (Å²) in [6, 6.07) is 11.9. The van der Waals surface area contributed by atoms with Crippen LogP contribution in [0.4, 0.5) is 10.1 Å². The molecule has 0 aliphatic heterocycles. The second-order valence-electron chi connectivity index (χ2n) is 4.29. The number of hydrogen-bond acceptors (Lipinski definition) is 3. The molecule has 2 aromatic rings. The van der Waals surface area contributed by atoms with Gasteiger partial charge in [-0.1, -0.05) is 24.3 Å². The minimum Gasteiger partial charge on any atom is -0.398 e. The van der Waals surface area contributed by atoms with Crippen molar-refractivity contribution in [2.24, 2.45) is 5.84 Å². The van der Waals surface area contributed by atoms with Crippen molar-refractivity contribution in [3.8, 4) is 0 Å². The van der Waals surface area contributed by atoms with Crippen molar-refractivity contribution in [3.05, 3.63) is 65.0 Å². The third-order valence-corrected chi connectivity index (χ3v) is 2.87. The molecule has 1 unspecified atom stereocenters. The van der Waals surface area contributed by atoms with Gasteiger partial charge in [-0.25, -0.2) is 9.82 Å². The van der Waals surface area contributed by atoms with E-state index >= 15 is 0 Å². The predicted octanol–water partition coefficient (Wildman–Crippen LogP) is 2.27. The Bertz CT molecular complexity index is 534. The monoisotopic (exact) mass is 245 g/mol. The second kappa shape index (κ2) is 5.16. The van der Waals surface area contributed by atoms with Gasteiger partial charge >= 0.3 is 0 Å². The van der Waals surface area contributed by atoms with Gasteiger partial charge in [0, 0.05) is 5.69 Å². The number of nitrogens with two attached hydrogens (primary N) is 2. The van der Waals surface area contributed by atoms with E-state index in [9.17, 15) is 4.39 Å². The van der Waals surface area contributed by atoms with Crippen LogP contribution in [0, 0.1) is 12.7 Å². The van der Waals surface area contributed by atoms with Crippen LogP contribution in [0.5, 0.6) is 0 Å². The highest BCUT2D eigenvalue weighted by atomic mass is 19.1. The zero-order valence-corrected chi connectivity index (χ0v) is 10.2. The summed E-state index contributed by atoms with van der Waals surface area (Å²) in [6.45, 7) is 1.84. The molecule has 0 heterocycles. The van der Waals surface area contributed by atoms with Crippen molar-refractivity contribution in [1.82, 2.24) is 5.43 Å². The third-order valence-electron chi connectivity index (χ3n) is 2.87. The van der Waals surface area contributed by atoms with E-state index in [0.717, 1.165) is 16.7 Å². The maximum absolute atomic E-state index is 13.4. The summed E-state index contributed by atoms with van der Waals surface area (Å²) < 4.78 is 13.4. The molecule has 94 valence electrons. The molecule has 3 nitrogen and oxygen atoms in total. The molecule has 0 fully saturated rings. The predicted molar refractivity (Wildman–Crippen MR) is 71.2 cm³/mol. The number of nitrogen functional groups attached to an aromatic ring is 1. The lowest BCUT2D eigenvalue weighted by molar-refractivity contribution is 0.604. The Morgan fingerprint density at radius 3 is 2.50 bits per heavy atom. The fourth-order valence-corrected chi connectivity index (χ4v) is 2.07. The topological polar surface area (TPSA) is 64.1 Å². The Kier molecular flexibility index (Phi) is 3.60. The number of benzene rings is 2. The molecular formula is C14H16FN3. The summed E-state index contributed by atoms with van der Waals surface area (Å²) in [7, 11) is 0. The van der Waals surface area contributed by atoms with Crippen molar-refractivity contribution < 1.29 is 4.39 Å². The third kappa shape index (κ3) is 2.50. The van der Waals surface area contributed by atoms with Crippen LogP contribution >= 0.6 is 0 Å². The van der Waals surface area contributed by atoms with E-state index in [0.29, 0.717) is 5.69 Å². The van der Waals surface area contributed by atoms with E-state index in [-0.39, 0.29) is 11.9 Å². The van der Waals surface area contributed by atoms with Crippen LogP contribution in [0.3, 0.4) is 0 Å². The lowest BCUT2D eigenvalue weighted by Crippen LogP contribution is -2.29. The molecule has 0 aliphatic carbocycles. The van der Waals surface area contributed by atoms with Crippen molar-refractivity contribution in [1.29, 1.82) is 0 Å². The highest BCUT2D eigenvalue weighted by Crippen LogP contribution is 2.27. The van der Waals surface area contributed by atoms with E-state index in [4.69, 9.17) is 11.6 Å². The van der Waals surface area contributed by atoms with Gasteiger partial charge in [-0.2, -0.15) is 0 Å². The number of para-hydroxylation sites is 1. The lowest BCUT2D eigenvalue weighted by Gasteiger charge is -2.19. The zero-order chi connectivity index (χ0) is 13.1. The van der Waals surface area contributed by atoms with E-state index < -0.39 is 0 Å². The van der Waals surface area contributed by atoms with Crippen molar-refractivity contribution in [2.75, 3.05) is 5.73 Å². The molecule has 0 saturated heterocycles. The molecular weight excluding hydrogens is 229 g/mol. The average Bonchev–Trinajstić information content (AvgIpc) is 2.31. The highest BCUT2D eigenvalue weighted by Gasteiger charge is 2.15. The summed E-state index contributed by atoms with van der Waals surface area (Å²) in [6.07, 6.45) is 0. The molecule has 2 aromatic carbocycles. The van der Waals surface area contributed by atoms with Crippen molar-refractivity contribution in [2.45, 2.75) is 13.0 Å². The minimum atomic E-state index is -0.319. The molecule has 0 spiro atoms. The van der Waals surface area contributed by atoms with Crippen LogP contribution in [-0.4, -0.2) is 0 Å². The number of halogens is 1. The molecule has 2 rings (SSSR count). The minimum absolute atomic E-state index is 0.278. The SMILES string of the molecule is Cc1cc(F)cc(C(NN)c2ccccc2N)c1. The van der Waals surface area contributed by atoms with E-state index in [2.05, 4.69) is 5.43 Å². The first kappa shape index (κ1) is 12.5. The molecule has 1 atom stereocenters. The number of nitrogens with one attached hydrogen (secondary N) is 1. The van der Waals surface area contributed by atoms with Crippen molar-refractivity contribution >= 4 is 5.69 Å². The summed E-state index contributed by atoms with van der Waals surface area (Å²) in [5, 5.41) is 0. The summed E-state index contributed by atoms with van der Waals surface area (Å²) in [4.78, 5) is 0. The molecule has 0 bridgehead atoms. The van der Waals surface area contributed by atoms with Gasteiger partial charge in [-0.15, -0.1) is 0 Å². The fourth-order valence-electron chi connectivity index (χ4n) is 2.07. The quantitative estimate of drug-likeness (QED) is 0.441. The van der Waals surface area contributed by atoms with Crippen LogP contribution < -0.4 is 17.0 Å². The molecule has 5 N–H and O–H groups in total. The summed E-state index contributed by atoms with van der Waals surface area (Å²) >= 11 is 0. The van der Waals surface area contributed by atoms with Gasteiger partial charge in [0.2, 0.25) is 0 Å². The van der Waals surface area contributed by atoms with E-state index in [1.165, 1.54) is 12.1 Å². The summed E-state index contributed by atoms with van der Waals surface area (Å²) in [5.41, 5.74) is 11.7.